The number of rotatable bonds is 4. The minimum atomic E-state index is -0.160. The monoisotopic (exact) mass is 314 g/mol. The highest BCUT2D eigenvalue weighted by Crippen LogP contribution is 2.39. The van der Waals surface area contributed by atoms with Crippen LogP contribution < -0.4 is 10.2 Å². The van der Waals surface area contributed by atoms with E-state index in [9.17, 15) is 9.59 Å². The Morgan fingerprint density at radius 1 is 1.18 bits per heavy atom. The molecule has 0 spiro atoms. The molecule has 0 saturated heterocycles. The van der Waals surface area contributed by atoms with E-state index >= 15 is 0 Å². The highest BCUT2D eigenvalue weighted by atomic mass is 32.1. The van der Waals surface area contributed by atoms with Gasteiger partial charge in [-0.1, -0.05) is 31.9 Å². The van der Waals surface area contributed by atoms with Crippen molar-refractivity contribution in [2.75, 3.05) is 10.2 Å². The summed E-state index contributed by atoms with van der Waals surface area (Å²) in [5, 5.41) is 6.55. The molecule has 0 radical (unpaired) electrons. The fourth-order valence-electron chi connectivity index (χ4n) is 2.63. The van der Waals surface area contributed by atoms with Crippen LogP contribution in [-0.4, -0.2) is 11.8 Å². The molecule has 22 heavy (non-hydrogen) atoms. The van der Waals surface area contributed by atoms with Crippen LogP contribution in [-0.2, 0) is 4.79 Å². The molecule has 1 aromatic carbocycles. The smallest absolute Gasteiger partial charge is 0.258 e. The summed E-state index contributed by atoms with van der Waals surface area (Å²) >= 11 is 1.44. The molecule has 0 bridgehead atoms. The van der Waals surface area contributed by atoms with Gasteiger partial charge in [-0.25, -0.2) is 0 Å². The Kier molecular flexibility index (Phi) is 4.24. The third-order valence-corrected chi connectivity index (χ3v) is 4.49. The van der Waals surface area contributed by atoms with Gasteiger partial charge in [-0.15, -0.1) is 11.3 Å². The quantitative estimate of drug-likeness (QED) is 0.841. The van der Waals surface area contributed by atoms with Crippen LogP contribution in [0.2, 0.25) is 0 Å². The minimum Gasteiger partial charge on any atom is -0.320 e. The van der Waals surface area contributed by atoms with Gasteiger partial charge in [0.15, 0.2) is 0 Å². The number of thiophene rings is 1. The van der Waals surface area contributed by atoms with Crippen molar-refractivity contribution in [1.82, 2.24) is 0 Å². The molecule has 0 saturated carbocycles. The molecule has 2 amide bonds. The van der Waals surface area contributed by atoms with Gasteiger partial charge in [0, 0.05) is 17.2 Å². The van der Waals surface area contributed by atoms with Gasteiger partial charge in [-0.05, 0) is 18.6 Å². The van der Waals surface area contributed by atoms with Crippen molar-refractivity contribution in [2.45, 2.75) is 32.6 Å². The van der Waals surface area contributed by atoms with Crippen LogP contribution in [0.25, 0.3) is 0 Å². The lowest BCUT2D eigenvalue weighted by molar-refractivity contribution is -0.118. The van der Waals surface area contributed by atoms with Gasteiger partial charge in [-0.3, -0.25) is 14.5 Å². The number of amides is 2. The predicted octanol–water partition coefficient (Wildman–Crippen LogP) is 4.56. The zero-order valence-electron chi connectivity index (χ0n) is 12.5. The summed E-state index contributed by atoms with van der Waals surface area (Å²) in [5.74, 6) is -0.121. The second-order valence-electron chi connectivity index (χ2n) is 5.33. The Bertz CT molecular complexity index is 708. The standard InChI is InChI=1S/C17H18N2O2S/c1-2-3-4-9-16(20)19-14-8-6-5-7-13(14)18-17(21)12-10-22-11-15(12)19/h5-8,10-11H,2-4,9H2,1H3,(H,18,21). The lowest BCUT2D eigenvalue weighted by atomic mass is 10.1. The number of hydrogen-bond acceptors (Lipinski definition) is 3. The molecule has 0 fully saturated rings. The molecular weight excluding hydrogens is 296 g/mol. The highest BCUT2D eigenvalue weighted by molar-refractivity contribution is 7.08. The summed E-state index contributed by atoms with van der Waals surface area (Å²) < 4.78 is 0. The number of carbonyl (C=O) groups is 2. The number of anilines is 3. The Balaban J connectivity index is 2.03. The van der Waals surface area contributed by atoms with Gasteiger partial charge in [0.2, 0.25) is 5.91 Å². The van der Waals surface area contributed by atoms with E-state index in [0.717, 1.165) is 24.9 Å². The molecule has 114 valence electrons. The van der Waals surface area contributed by atoms with Crippen molar-refractivity contribution in [3.05, 3.63) is 40.6 Å². The van der Waals surface area contributed by atoms with Crippen molar-refractivity contribution in [3.63, 3.8) is 0 Å². The summed E-state index contributed by atoms with van der Waals surface area (Å²) in [4.78, 5) is 26.8. The van der Waals surface area contributed by atoms with Crippen LogP contribution in [0.5, 0.6) is 0 Å². The number of para-hydroxylation sites is 2. The fraction of sp³-hybridized carbons (Fsp3) is 0.294. The lowest BCUT2D eigenvalue weighted by Crippen LogP contribution is -2.25. The molecule has 1 aliphatic heterocycles. The Morgan fingerprint density at radius 2 is 2.00 bits per heavy atom. The van der Waals surface area contributed by atoms with Crippen LogP contribution >= 0.6 is 11.3 Å². The normalized spacial score (nSPS) is 13.1. The largest absolute Gasteiger partial charge is 0.320 e. The molecule has 2 aromatic rings. The van der Waals surface area contributed by atoms with E-state index < -0.39 is 0 Å². The number of carbonyl (C=O) groups excluding carboxylic acids is 2. The van der Waals surface area contributed by atoms with E-state index in [1.54, 1.807) is 10.3 Å². The average molecular weight is 314 g/mol. The Morgan fingerprint density at radius 3 is 2.82 bits per heavy atom. The number of unbranched alkanes of at least 4 members (excludes halogenated alkanes) is 2. The van der Waals surface area contributed by atoms with E-state index in [1.165, 1.54) is 11.3 Å². The van der Waals surface area contributed by atoms with Crippen LogP contribution in [0.3, 0.4) is 0 Å². The predicted molar refractivity (Wildman–Crippen MR) is 90.0 cm³/mol. The number of hydrogen-bond donors (Lipinski definition) is 1. The third-order valence-electron chi connectivity index (χ3n) is 3.76. The fourth-order valence-corrected chi connectivity index (χ4v) is 3.43. The van der Waals surface area contributed by atoms with Gasteiger partial charge in [0.05, 0.1) is 22.6 Å². The maximum absolute atomic E-state index is 12.7. The first-order valence-electron chi connectivity index (χ1n) is 7.52. The SMILES string of the molecule is CCCCCC(=O)N1c2ccccc2NC(=O)c2cscc21. The second-order valence-corrected chi connectivity index (χ2v) is 6.07. The van der Waals surface area contributed by atoms with E-state index in [1.807, 2.05) is 29.6 Å². The van der Waals surface area contributed by atoms with Crippen molar-refractivity contribution < 1.29 is 9.59 Å². The van der Waals surface area contributed by atoms with Gasteiger partial charge < -0.3 is 5.32 Å². The van der Waals surface area contributed by atoms with Crippen molar-refractivity contribution in [3.8, 4) is 0 Å². The van der Waals surface area contributed by atoms with E-state index in [-0.39, 0.29) is 11.8 Å². The number of nitrogens with one attached hydrogen (secondary N) is 1. The summed E-state index contributed by atoms with van der Waals surface area (Å²) in [7, 11) is 0. The first-order valence-corrected chi connectivity index (χ1v) is 8.46. The topological polar surface area (TPSA) is 49.4 Å². The molecule has 1 aromatic heterocycles. The number of fused-ring (bicyclic) bond motifs is 2. The lowest BCUT2D eigenvalue weighted by Gasteiger charge is -2.22. The van der Waals surface area contributed by atoms with E-state index in [0.29, 0.717) is 23.4 Å². The minimum absolute atomic E-state index is 0.0389. The number of benzene rings is 1. The molecule has 3 rings (SSSR count). The highest BCUT2D eigenvalue weighted by Gasteiger charge is 2.29. The van der Waals surface area contributed by atoms with E-state index in [4.69, 9.17) is 0 Å². The summed E-state index contributed by atoms with van der Waals surface area (Å²) in [6.07, 6.45) is 3.48. The Hall–Kier alpha value is -2.14. The zero-order chi connectivity index (χ0) is 15.5. The van der Waals surface area contributed by atoms with Gasteiger partial charge in [-0.2, -0.15) is 0 Å². The van der Waals surface area contributed by atoms with Crippen molar-refractivity contribution in [2.24, 2.45) is 0 Å². The molecule has 0 atom stereocenters. The molecule has 2 heterocycles. The van der Waals surface area contributed by atoms with Crippen LogP contribution in [0.4, 0.5) is 17.1 Å². The molecule has 5 heteroatoms. The Labute approximate surface area is 133 Å². The first kappa shape index (κ1) is 14.8. The second kappa shape index (κ2) is 6.32. The summed E-state index contributed by atoms with van der Waals surface area (Å²) in [5.41, 5.74) is 2.67. The number of nitrogens with zero attached hydrogens (tertiary/aromatic N) is 1. The summed E-state index contributed by atoms with van der Waals surface area (Å²) in [6.45, 7) is 2.12. The molecule has 4 nitrogen and oxygen atoms in total. The molecule has 0 unspecified atom stereocenters. The molecule has 1 aliphatic rings. The third kappa shape index (κ3) is 2.64. The maximum Gasteiger partial charge on any atom is 0.258 e. The van der Waals surface area contributed by atoms with Gasteiger partial charge in [0.1, 0.15) is 0 Å². The van der Waals surface area contributed by atoms with Crippen LogP contribution in [0, 0.1) is 0 Å². The summed E-state index contributed by atoms with van der Waals surface area (Å²) in [6, 6.07) is 7.45. The molecule has 0 aliphatic carbocycles. The maximum atomic E-state index is 12.7. The van der Waals surface area contributed by atoms with E-state index in [2.05, 4.69) is 12.2 Å². The van der Waals surface area contributed by atoms with Gasteiger partial charge >= 0.3 is 0 Å². The molecular formula is C17H18N2O2S. The van der Waals surface area contributed by atoms with Crippen molar-refractivity contribution >= 4 is 40.2 Å². The first-order chi connectivity index (χ1) is 10.7. The van der Waals surface area contributed by atoms with Crippen molar-refractivity contribution in [1.29, 1.82) is 0 Å². The average Bonchev–Trinajstić information content (AvgIpc) is 2.95. The molecule has 1 N–H and O–H groups in total. The van der Waals surface area contributed by atoms with Crippen LogP contribution in [0.15, 0.2) is 35.0 Å². The zero-order valence-corrected chi connectivity index (χ0v) is 13.3. The van der Waals surface area contributed by atoms with Gasteiger partial charge in [0.25, 0.3) is 5.91 Å². The van der Waals surface area contributed by atoms with Crippen LogP contribution in [0.1, 0.15) is 43.0 Å².